The summed E-state index contributed by atoms with van der Waals surface area (Å²) in [4.78, 5) is -0.208. The number of nitrogens with zero attached hydrogens (tertiary/aromatic N) is 2. The van der Waals surface area contributed by atoms with Crippen molar-refractivity contribution >= 4 is 44.8 Å². The highest BCUT2D eigenvalue weighted by atomic mass is 35.5. The monoisotopic (exact) mass is 469 g/mol. The van der Waals surface area contributed by atoms with Gasteiger partial charge in [-0.1, -0.05) is 34.8 Å². The first-order valence-corrected chi connectivity index (χ1v) is 10.0. The second-order valence-electron chi connectivity index (χ2n) is 5.58. The van der Waals surface area contributed by atoms with Gasteiger partial charge in [-0.15, -0.1) is 0 Å². The third-order valence-corrected chi connectivity index (χ3v) is 5.76. The number of hydrogen-bond acceptors (Lipinski definition) is 3. The number of rotatable bonds is 3. The molecule has 0 aliphatic heterocycles. The molecule has 0 atom stereocenters. The maximum absolute atomic E-state index is 13.2. The van der Waals surface area contributed by atoms with Gasteiger partial charge in [-0.05, 0) is 42.5 Å². The highest BCUT2D eigenvalue weighted by Gasteiger charge is 2.36. The van der Waals surface area contributed by atoms with E-state index in [0.29, 0.717) is 0 Å². The molecule has 0 saturated heterocycles. The van der Waals surface area contributed by atoms with Crippen LogP contribution in [0.25, 0.3) is 16.9 Å². The normalized spacial score (nSPS) is 12.4. The van der Waals surface area contributed by atoms with Crippen molar-refractivity contribution in [2.75, 3.05) is 0 Å². The van der Waals surface area contributed by atoms with E-state index in [2.05, 4.69) is 5.10 Å². The number of aromatic nitrogens is 2. The predicted octanol–water partition coefficient (Wildman–Crippen LogP) is 5.17. The molecular formula is C16H9Cl3F3N3O2S. The first-order chi connectivity index (χ1) is 12.9. The van der Waals surface area contributed by atoms with Crippen molar-refractivity contribution < 1.29 is 21.6 Å². The lowest BCUT2D eigenvalue weighted by atomic mass is 10.1. The van der Waals surface area contributed by atoms with Crippen molar-refractivity contribution in [2.45, 2.75) is 11.1 Å². The molecule has 0 aliphatic carbocycles. The van der Waals surface area contributed by atoms with Gasteiger partial charge in [0.05, 0.1) is 31.3 Å². The summed E-state index contributed by atoms with van der Waals surface area (Å²) in [7, 11) is -3.97. The van der Waals surface area contributed by atoms with Crippen LogP contribution in [0.3, 0.4) is 0 Å². The Bertz CT molecular complexity index is 1160. The van der Waals surface area contributed by atoms with E-state index in [4.69, 9.17) is 39.9 Å². The lowest BCUT2D eigenvalue weighted by molar-refractivity contribution is -0.141. The Kier molecular flexibility index (Phi) is 5.41. The highest BCUT2D eigenvalue weighted by molar-refractivity contribution is 7.89. The summed E-state index contributed by atoms with van der Waals surface area (Å²) in [6.45, 7) is 0. The summed E-state index contributed by atoms with van der Waals surface area (Å²) in [6, 6.07) is 8.36. The van der Waals surface area contributed by atoms with Crippen LogP contribution in [0.15, 0.2) is 47.4 Å². The third-order valence-electron chi connectivity index (χ3n) is 3.71. The second-order valence-corrected chi connectivity index (χ2v) is 8.34. The van der Waals surface area contributed by atoms with Gasteiger partial charge in [0.2, 0.25) is 10.0 Å². The minimum Gasteiger partial charge on any atom is -0.232 e. The molecule has 1 aromatic heterocycles. The van der Waals surface area contributed by atoms with E-state index in [1.165, 1.54) is 24.3 Å². The molecule has 3 aromatic rings. The standard InChI is InChI=1S/C16H9Cl3F3N3O2S/c17-10-5-6-11(18)15(19)14(10)12-7-13(16(20,21)22)24-25(12)8-1-3-9(4-2-8)28(23,26)27/h1-7H,(H2,23,26,27). The first kappa shape index (κ1) is 20.9. The van der Waals surface area contributed by atoms with Crippen molar-refractivity contribution in [3.63, 3.8) is 0 Å². The van der Waals surface area contributed by atoms with Crippen molar-refractivity contribution in [1.29, 1.82) is 0 Å². The topological polar surface area (TPSA) is 78.0 Å². The molecule has 0 unspecified atom stereocenters. The van der Waals surface area contributed by atoms with Crippen LogP contribution >= 0.6 is 34.8 Å². The Hall–Kier alpha value is -1.78. The number of alkyl halides is 3. The van der Waals surface area contributed by atoms with E-state index in [-0.39, 0.29) is 36.9 Å². The number of nitrogens with two attached hydrogens (primary N) is 1. The maximum atomic E-state index is 13.2. The quantitative estimate of drug-likeness (QED) is 0.537. The SMILES string of the molecule is NS(=O)(=O)c1ccc(-n2nc(C(F)(F)F)cc2-c2c(Cl)ccc(Cl)c2Cl)cc1. The van der Waals surface area contributed by atoms with Crippen molar-refractivity contribution in [3.05, 3.63) is 63.2 Å². The molecule has 5 nitrogen and oxygen atoms in total. The molecular weight excluding hydrogens is 462 g/mol. The Morgan fingerprint density at radius 1 is 0.964 bits per heavy atom. The fraction of sp³-hybridized carbons (Fsp3) is 0.0625. The van der Waals surface area contributed by atoms with E-state index in [1.807, 2.05) is 0 Å². The number of benzene rings is 2. The molecule has 28 heavy (non-hydrogen) atoms. The van der Waals surface area contributed by atoms with Gasteiger partial charge in [0, 0.05) is 5.56 Å². The Balaban J connectivity index is 2.28. The lowest BCUT2D eigenvalue weighted by Crippen LogP contribution is -2.12. The van der Waals surface area contributed by atoms with Crippen LogP contribution in [0.5, 0.6) is 0 Å². The van der Waals surface area contributed by atoms with Crippen LogP contribution in [0.1, 0.15) is 5.69 Å². The average Bonchev–Trinajstić information content (AvgIpc) is 3.03. The fourth-order valence-electron chi connectivity index (χ4n) is 2.43. The zero-order valence-corrected chi connectivity index (χ0v) is 16.6. The van der Waals surface area contributed by atoms with Gasteiger partial charge in [0.1, 0.15) is 0 Å². The van der Waals surface area contributed by atoms with Crippen molar-refractivity contribution in [2.24, 2.45) is 5.14 Å². The lowest BCUT2D eigenvalue weighted by Gasteiger charge is -2.12. The molecule has 0 fully saturated rings. The summed E-state index contributed by atoms with van der Waals surface area (Å²) in [5.41, 5.74) is -1.09. The molecule has 12 heteroatoms. The van der Waals surface area contributed by atoms with E-state index in [9.17, 15) is 21.6 Å². The predicted molar refractivity (Wildman–Crippen MR) is 100 cm³/mol. The first-order valence-electron chi connectivity index (χ1n) is 7.34. The summed E-state index contributed by atoms with van der Waals surface area (Å²) < 4.78 is 63.5. The van der Waals surface area contributed by atoms with Crippen molar-refractivity contribution in [3.8, 4) is 16.9 Å². The van der Waals surface area contributed by atoms with Crippen LogP contribution < -0.4 is 5.14 Å². The Morgan fingerprint density at radius 2 is 1.54 bits per heavy atom. The zero-order chi connectivity index (χ0) is 20.9. The van der Waals surface area contributed by atoms with E-state index in [1.54, 1.807) is 0 Å². The number of halogens is 6. The molecule has 2 N–H and O–H groups in total. The van der Waals surface area contributed by atoms with Crippen molar-refractivity contribution in [1.82, 2.24) is 9.78 Å². The van der Waals surface area contributed by atoms with Gasteiger partial charge in [-0.3, -0.25) is 0 Å². The third kappa shape index (κ3) is 3.99. The Labute approximate surface area is 172 Å². The molecule has 2 aromatic carbocycles. The summed E-state index contributed by atoms with van der Waals surface area (Å²) in [5.74, 6) is 0. The van der Waals surface area contributed by atoms with E-state index in [0.717, 1.165) is 22.9 Å². The van der Waals surface area contributed by atoms with E-state index >= 15 is 0 Å². The molecule has 0 amide bonds. The van der Waals surface area contributed by atoms with Gasteiger partial charge in [0.15, 0.2) is 5.69 Å². The number of sulfonamides is 1. The molecule has 3 rings (SSSR count). The molecule has 0 radical (unpaired) electrons. The molecule has 148 valence electrons. The molecule has 0 saturated carbocycles. The maximum Gasteiger partial charge on any atom is 0.435 e. The minimum absolute atomic E-state index is 0.0503. The Morgan fingerprint density at radius 3 is 2.07 bits per heavy atom. The van der Waals surface area contributed by atoms with Crippen LogP contribution in [0.2, 0.25) is 15.1 Å². The van der Waals surface area contributed by atoms with Gasteiger partial charge in [-0.2, -0.15) is 18.3 Å². The minimum atomic E-state index is -4.74. The number of primary sulfonamides is 1. The van der Waals surface area contributed by atoms with Crippen LogP contribution in [0, 0.1) is 0 Å². The summed E-state index contributed by atoms with van der Waals surface area (Å²) in [6.07, 6.45) is -4.74. The van der Waals surface area contributed by atoms with E-state index < -0.39 is 21.9 Å². The smallest absolute Gasteiger partial charge is 0.232 e. The molecule has 0 bridgehead atoms. The van der Waals surface area contributed by atoms with Gasteiger partial charge in [-0.25, -0.2) is 18.2 Å². The highest BCUT2D eigenvalue weighted by Crippen LogP contribution is 2.42. The van der Waals surface area contributed by atoms with Gasteiger partial charge < -0.3 is 0 Å². The average molecular weight is 471 g/mol. The molecule has 0 spiro atoms. The number of hydrogen-bond donors (Lipinski definition) is 1. The second kappa shape index (κ2) is 7.23. The van der Waals surface area contributed by atoms with Gasteiger partial charge in [0.25, 0.3) is 0 Å². The van der Waals surface area contributed by atoms with Gasteiger partial charge >= 0.3 is 6.18 Å². The molecule has 0 aliphatic rings. The largest absolute Gasteiger partial charge is 0.435 e. The van der Waals surface area contributed by atoms with Crippen LogP contribution in [-0.2, 0) is 16.2 Å². The van der Waals surface area contributed by atoms with Crippen LogP contribution in [0.4, 0.5) is 13.2 Å². The molecule has 1 heterocycles. The summed E-state index contributed by atoms with van der Waals surface area (Å²) >= 11 is 18.3. The van der Waals surface area contributed by atoms with Crippen LogP contribution in [-0.4, -0.2) is 18.2 Å². The summed E-state index contributed by atoms with van der Waals surface area (Å²) in [5, 5.41) is 8.72. The fourth-order valence-corrected chi connectivity index (χ4v) is 3.67. The zero-order valence-electron chi connectivity index (χ0n) is 13.5.